The number of nitrogens with one attached hydrogen (secondary N) is 1. The van der Waals surface area contributed by atoms with Crippen LogP contribution in [0.5, 0.6) is 5.75 Å². The zero-order valence-corrected chi connectivity index (χ0v) is 33.7. The molecular weight excluding hydrogens is 635 g/mol. The summed E-state index contributed by atoms with van der Waals surface area (Å²) < 4.78 is 5.77. The molecule has 0 aliphatic rings. The molecule has 3 aromatic carbocycles. The molecule has 3 aromatic rings. The number of nitriles is 1. The highest BCUT2D eigenvalue weighted by Gasteiger charge is 2.07. The van der Waals surface area contributed by atoms with Crippen molar-refractivity contribution in [3.8, 4) is 11.8 Å². The summed E-state index contributed by atoms with van der Waals surface area (Å²) in [6.07, 6.45) is 11.8. The number of amides is 2. The SMILES string of the molecule is CC.CC.CC(=O)Cc1ccc(NC=O)c(OCCc2ccc(C#N)cc2)c1.CC/C=C(/CC)CCC.CCCC.Cc1ccccc1.NC=O. The average molecular weight is 704 g/mol. The zero-order chi connectivity index (χ0) is 39.7. The molecule has 0 saturated heterocycles. The number of primary amides is 1. The van der Waals surface area contributed by atoms with Gasteiger partial charge in [-0.25, -0.2) is 0 Å². The van der Waals surface area contributed by atoms with Crippen molar-refractivity contribution < 1.29 is 19.1 Å². The van der Waals surface area contributed by atoms with Gasteiger partial charge in [0, 0.05) is 12.8 Å². The van der Waals surface area contributed by atoms with Crippen LogP contribution in [0.2, 0.25) is 0 Å². The number of ketones is 1. The molecule has 0 atom stereocenters. The molecule has 7 heteroatoms. The minimum absolute atomic E-state index is 0.0645. The van der Waals surface area contributed by atoms with E-state index in [1.54, 1.807) is 35.9 Å². The lowest BCUT2D eigenvalue weighted by Crippen LogP contribution is -2.06. The predicted octanol–water partition coefficient (Wildman–Crippen LogP) is 11.4. The quantitative estimate of drug-likeness (QED) is 0.135. The van der Waals surface area contributed by atoms with Gasteiger partial charge in [-0.3, -0.25) is 14.4 Å². The average Bonchev–Trinajstić information content (AvgIpc) is 3.15. The van der Waals surface area contributed by atoms with Gasteiger partial charge >= 0.3 is 0 Å². The second-order valence-corrected chi connectivity index (χ2v) is 10.5. The highest BCUT2D eigenvalue weighted by molar-refractivity contribution is 5.80. The van der Waals surface area contributed by atoms with Gasteiger partial charge in [0.25, 0.3) is 0 Å². The maximum Gasteiger partial charge on any atom is 0.211 e. The van der Waals surface area contributed by atoms with Crippen molar-refractivity contribution in [2.45, 2.75) is 128 Å². The molecule has 0 heterocycles. The van der Waals surface area contributed by atoms with Gasteiger partial charge < -0.3 is 15.8 Å². The molecule has 0 spiro atoms. The number of benzene rings is 3. The van der Waals surface area contributed by atoms with Gasteiger partial charge in [0.2, 0.25) is 12.8 Å². The number of aryl methyl sites for hydroxylation is 1. The van der Waals surface area contributed by atoms with Crippen molar-refractivity contribution >= 4 is 24.3 Å². The summed E-state index contributed by atoms with van der Waals surface area (Å²) in [5.41, 5.74) is 10.2. The van der Waals surface area contributed by atoms with Crippen LogP contribution in [0.15, 0.2) is 84.4 Å². The summed E-state index contributed by atoms with van der Waals surface area (Å²) in [5, 5.41) is 11.4. The third-order valence-electron chi connectivity index (χ3n) is 6.40. The fourth-order valence-corrected chi connectivity index (χ4v) is 3.86. The van der Waals surface area contributed by atoms with Crippen molar-refractivity contribution in [3.05, 3.63) is 107 Å². The van der Waals surface area contributed by atoms with E-state index >= 15 is 0 Å². The van der Waals surface area contributed by atoms with Crippen LogP contribution >= 0.6 is 0 Å². The smallest absolute Gasteiger partial charge is 0.211 e. The fourth-order valence-electron chi connectivity index (χ4n) is 3.86. The molecule has 3 N–H and O–H groups in total. The van der Waals surface area contributed by atoms with Crippen molar-refractivity contribution in [1.82, 2.24) is 0 Å². The molecule has 0 radical (unpaired) electrons. The number of hydrogen-bond acceptors (Lipinski definition) is 5. The zero-order valence-electron chi connectivity index (χ0n) is 33.7. The lowest BCUT2D eigenvalue weighted by atomic mass is 10.1. The number of hydrogen-bond donors (Lipinski definition) is 2. The van der Waals surface area contributed by atoms with E-state index in [0.29, 0.717) is 42.9 Å². The Bertz CT molecular complexity index is 1300. The number of Topliss-reactive ketones (excluding diaryl/α,β-unsaturated/α-hetero) is 1. The van der Waals surface area contributed by atoms with Crippen LogP contribution in [0.3, 0.4) is 0 Å². The van der Waals surface area contributed by atoms with Crippen molar-refractivity contribution in [3.63, 3.8) is 0 Å². The summed E-state index contributed by atoms with van der Waals surface area (Å²) in [4.78, 5) is 30.5. The van der Waals surface area contributed by atoms with Gasteiger partial charge in [0.1, 0.15) is 11.5 Å². The molecule has 284 valence electrons. The largest absolute Gasteiger partial charge is 0.491 e. The van der Waals surface area contributed by atoms with E-state index in [-0.39, 0.29) is 12.2 Å². The van der Waals surface area contributed by atoms with Gasteiger partial charge in [0.15, 0.2) is 0 Å². The summed E-state index contributed by atoms with van der Waals surface area (Å²) in [7, 11) is 0. The molecular formula is C44H69N3O4. The van der Waals surface area contributed by atoms with Crippen LogP contribution in [0.25, 0.3) is 0 Å². The lowest BCUT2D eigenvalue weighted by Gasteiger charge is -2.12. The Kier molecular flexibility index (Phi) is 43.2. The minimum Gasteiger partial charge on any atom is -0.491 e. The Morgan fingerprint density at radius 2 is 1.39 bits per heavy atom. The molecule has 0 bridgehead atoms. The number of nitrogens with two attached hydrogens (primary N) is 1. The Hall–Kier alpha value is -4.70. The van der Waals surface area contributed by atoms with Gasteiger partial charge in [-0.05, 0) is 68.5 Å². The topological polar surface area (TPSA) is 122 Å². The van der Waals surface area contributed by atoms with E-state index < -0.39 is 0 Å². The van der Waals surface area contributed by atoms with E-state index in [2.05, 4.69) is 76.9 Å². The molecule has 0 fully saturated rings. The summed E-state index contributed by atoms with van der Waals surface area (Å²) in [6.45, 7) is 23.1. The second-order valence-electron chi connectivity index (χ2n) is 10.5. The summed E-state index contributed by atoms with van der Waals surface area (Å²) >= 11 is 0. The fraction of sp³-hybridized carbons (Fsp3) is 0.455. The third kappa shape index (κ3) is 33.6. The monoisotopic (exact) mass is 704 g/mol. The molecule has 7 nitrogen and oxygen atoms in total. The number of nitrogens with zero attached hydrogens (tertiary/aromatic N) is 1. The maximum atomic E-state index is 11.3. The predicted molar refractivity (Wildman–Crippen MR) is 219 cm³/mol. The molecule has 0 aromatic heterocycles. The van der Waals surface area contributed by atoms with Crippen LogP contribution < -0.4 is 15.8 Å². The van der Waals surface area contributed by atoms with Crippen molar-refractivity contribution in [2.24, 2.45) is 5.73 Å². The first kappa shape index (κ1) is 53.1. The molecule has 0 aliphatic heterocycles. The molecule has 2 amide bonds. The third-order valence-corrected chi connectivity index (χ3v) is 6.40. The Morgan fingerprint density at radius 1 is 0.843 bits per heavy atom. The Morgan fingerprint density at radius 3 is 1.78 bits per heavy atom. The van der Waals surface area contributed by atoms with Gasteiger partial charge in [0.05, 0.1) is 23.9 Å². The van der Waals surface area contributed by atoms with Gasteiger partial charge in [-0.2, -0.15) is 5.26 Å². The van der Waals surface area contributed by atoms with E-state index in [1.165, 1.54) is 51.0 Å². The summed E-state index contributed by atoms with van der Waals surface area (Å²) in [6, 6.07) is 24.9. The van der Waals surface area contributed by atoms with Crippen molar-refractivity contribution in [1.29, 1.82) is 5.26 Å². The molecule has 3 rings (SSSR count). The highest BCUT2D eigenvalue weighted by atomic mass is 16.5. The van der Waals surface area contributed by atoms with Gasteiger partial charge in [-0.1, -0.05) is 147 Å². The number of allylic oxidation sites excluding steroid dienone is 2. The normalized spacial score (nSPS) is 9.02. The van der Waals surface area contributed by atoms with E-state index in [1.807, 2.05) is 58.0 Å². The first-order chi connectivity index (χ1) is 24.7. The van der Waals surface area contributed by atoms with E-state index in [0.717, 1.165) is 11.1 Å². The molecule has 0 saturated carbocycles. The number of unbranched alkanes of at least 4 members (excludes halogenated alkanes) is 1. The Balaban J connectivity index is -0.000000334. The number of carbonyl (C=O) groups excluding carboxylic acids is 3. The first-order valence-electron chi connectivity index (χ1n) is 18.5. The Labute approximate surface area is 311 Å². The van der Waals surface area contributed by atoms with Crippen LogP contribution in [-0.4, -0.2) is 25.2 Å². The number of carbonyl (C=O) groups is 3. The standard InChI is InChI=1S/C19H18N2O3.C9H18.C7H8.C4H10.2C2H6.CH3NO/c1-14(23)10-17-6-7-18(21-13-22)19(11-17)24-9-8-15-2-4-16(12-20)5-3-15;1-4-7-9(6-3)8-5-2;1-7-5-3-2-4-6-7;1-3-4-2;2*1-2;2-1-3/h2-7,11,13H,8-10H2,1H3,(H,21,22);7H,4-6,8H2,1-3H3;2-6H,1H3;3-4H2,1-2H3;2*1-2H3;1H,(H2,2,3)/b;9-7-;;;;;. The maximum absolute atomic E-state index is 11.3. The highest BCUT2D eigenvalue weighted by Crippen LogP contribution is 2.26. The number of rotatable bonds is 13. The molecule has 51 heavy (non-hydrogen) atoms. The van der Waals surface area contributed by atoms with Crippen LogP contribution in [0, 0.1) is 18.3 Å². The van der Waals surface area contributed by atoms with Crippen LogP contribution in [0.4, 0.5) is 5.69 Å². The second kappa shape index (κ2) is 41.5. The lowest BCUT2D eigenvalue weighted by molar-refractivity contribution is -0.116. The first-order valence-corrected chi connectivity index (χ1v) is 18.5. The number of anilines is 1. The molecule has 0 aliphatic carbocycles. The minimum atomic E-state index is 0.0645. The van der Waals surface area contributed by atoms with E-state index in [9.17, 15) is 9.59 Å². The van der Waals surface area contributed by atoms with Crippen molar-refractivity contribution in [2.75, 3.05) is 11.9 Å². The summed E-state index contributed by atoms with van der Waals surface area (Å²) in [5.74, 6) is 0.601. The number of ether oxygens (including phenoxy) is 1. The molecule has 0 unspecified atom stereocenters. The van der Waals surface area contributed by atoms with Gasteiger partial charge in [-0.15, -0.1) is 0 Å². The van der Waals surface area contributed by atoms with Crippen LogP contribution in [-0.2, 0) is 27.2 Å². The van der Waals surface area contributed by atoms with Crippen LogP contribution in [0.1, 0.15) is 130 Å². The van der Waals surface area contributed by atoms with E-state index in [4.69, 9.17) is 14.8 Å².